The molecule has 0 aliphatic carbocycles. The molecule has 1 N–H and O–H groups in total. The minimum atomic E-state index is 0.744. The van der Waals surface area contributed by atoms with Crippen molar-refractivity contribution in [3.05, 3.63) is 34.3 Å². The van der Waals surface area contributed by atoms with Crippen molar-refractivity contribution < 1.29 is 9.47 Å². The molecule has 3 nitrogen and oxygen atoms in total. The molecule has 0 radical (unpaired) electrons. The average Bonchev–Trinajstić information content (AvgIpc) is 2.35. The van der Waals surface area contributed by atoms with Crippen LogP contribution in [-0.4, -0.2) is 33.5 Å². The highest BCUT2D eigenvalue weighted by atomic mass is 79.9. The third-order valence-electron chi connectivity index (χ3n) is 2.33. The van der Waals surface area contributed by atoms with Gasteiger partial charge in [-0.05, 0) is 18.1 Å². The van der Waals surface area contributed by atoms with E-state index < -0.39 is 0 Å². The Balaban J connectivity index is 1.99. The van der Waals surface area contributed by atoms with Gasteiger partial charge in [0.2, 0.25) is 0 Å². The Hall–Kier alpha value is -0.420. The highest BCUT2D eigenvalue weighted by Gasteiger charge is 1.97. The van der Waals surface area contributed by atoms with E-state index in [-0.39, 0.29) is 0 Å². The van der Waals surface area contributed by atoms with Crippen LogP contribution in [0.2, 0.25) is 0 Å². The Morgan fingerprint density at radius 3 is 2.76 bits per heavy atom. The molecule has 0 fully saturated rings. The molecule has 1 aromatic carbocycles. The predicted molar refractivity (Wildman–Crippen MR) is 73.2 cm³/mol. The summed E-state index contributed by atoms with van der Waals surface area (Å²) in [6.45, 7) is 4.01. The molecule has 0 unspecified atom stereocenters. The van der Waals surface area contributed by atoms with E-state index in [1.807, 2.05) is 12.1 Å². The Morgan fingerprint density at radius 2 is 2.00 bits per heavy atom. The molecule has 0 aliphatic heterocycles. The van der Waals surface area contributed by atoms with Gasteiger partial charge in [-0.1, -0.05) is 34.1 Å². The maximum Gasteiger partial charge on any atom is 0.0591 e. The first-order valence-corrected chi connectivity index (χ1v) is 6.64. The molecule has 1 rings (SSSR count). The van der Waals surface area contributed by atoms with Crippen LogP contribution >= 0.6 is 15.9 Å². The molecule has 0 aliphatic rings. The van der Waals surface area contributed by atoms with Crippen LogP contribution in [0.5, 0.6) is 0 Å². The summed E-state index contributed by atoms with van der Waals surface area (Å²) in [7, 11) is 1.71. The summed E-state index contributed by atoms with van der Waals surface area (Å²) in [5.41, 5.74) is 1.27. The highest BCUT2D eigenvalue weighted by molar-refractivity contribution is 9.10. The lowest BCUT2D eigenvalue weighted by Crippen LogP contribution is -2.19. The SMILES string of the molecule is COCCCOCCNCc1ccccc1Br. The summed E-state index contributed by atoms with van der Waals surface area (Å²) in [6, 6.07) is 8.23. The number of methoxy groups -OCH3 is 1. The maximum absolute atomic E-state index is 5.45. The summed E-state index contributed by atoms with van der Waals surface area (Å²) in [4.78, 5) is 0. The van der Waals surface area contributed by atoms with Gasteiger partial charge < -0.3 is 14.8 Å². The molecular weight excluding hydrogens is 282 g/mol. The van der Waals surface area contributed by atoms with Crippen molar-refractivity contribution in [1.82, 2.24) is 5.32 Å². The van der Waals surface area contributed by atoms with Gasteiger partial charge in [0.25, 0.3) is 0 Å². The highest BCUT2D eigenvalue weighted by Crippen LogP contribution is 2.14. The van der Waals surface area contributed by atoms with Gasteiger partial charge in [0.05, 0.1) is 6.61 Å². The van der Waals surface area contributed by atoms with Gasteiger partial charge in [-0.2, -0.15) is 0 Å². The van der Waals surface area contributed by atoms with Crippen LogP contribution < -0.4 is 5.32 Å². The van der Waals surface area contributed by atoms with Crippen LogP contribution in [0, 0.1) is 0 Å². The first kappa shape index (κ1) is 14.6. The molecule has 0 bridgehead atoms. The normalized spacial score (nSPS) is 10.7. The number of hydrogen-bond acceptors (Lipinski definition) is 3. The van der Waals surface area contributed by atoms with Crippen LogP contribution in [0.15, 0.2) is 28.7 Å². The molecule has 0 atom stereocenters. The van der Waals surface area contributed by atoms with Crippen molar-refractivity contribution in [3.63, 3.8) is 0 Å². The monoisotopic (exact) mass is 301 g/mol. The zero-order valence-electron chi connectivity index (χ0n) is 10.2. The molecule has 0 saturated heterocycles. The summed E-state index contributed by atoms with van der Waals surface area (Å²) in [5, 5.41) is 3.35. The van der Waals surface area contributed by atoms with Crippen LogP contribution in [0.25, 0.3) is 0 Å². The van der Waals surface area contributed by atoms with E-state index in [0.29, 0.717) is 0 Å². The van der Waals surface area contributed by atoms with Crippen molar-refractivity contribution in [2.45, 2.75) is 13.0 Å². The van der Waals surface area contributed by atoms with Crippen molar-refractivity contribution >= 4 is 15.9 Å². The summed E-state index contributed by atoms with van der Waals surface area (Å²) < 4.78 is 11.5. The summed E-state index contributed by atoms with van der Waals surface area (Å²) in [5.74, 6) is 0. The number of benzene rings is 1. The molecule has 0 aromatic heterocycles. The van der Waals surface area contributed by atoms with Crippen molar-refractivity contribution in [1.29, 1.82) is 0 Å². The third kappa shape index (κ3) is 6.78. The van der Waals surface area contributed by atoms with Crippen LogP contribution in [-0.2, 0) is 16.0 Å². The second kappa shape index (κ2) is 9.59. The molecule has 1 aromatic rings. The topological polar surface area (TPSA) is 30.5 Å². The number of nitrogens with one attached hydrogen (secondary N) is 1. The quantitative estimate of drug-likeness (QED) is 0.711. The lowest BCUT2D eigenvalue weighted by atomic mass is 10.2. The first-order valence-electron chi connectivity index (χ1n) is 5.85. The molecule has 0 spiro atoms. The van der Waals surface area contributed by atoms with Crippen LogP contribution in [0.4, 0.5) is 0 Å². The zero-order chi connectivity index (χ0) is 12.3. The maximum atomic E-state index is 5.45. The minimum absolute atomic E-state index is 0.744. The Bertz CT molecular complexity index is 307. The fourth-order valence-corrected chi connectivity index (χ4v) is 1.84. The van der Waals surface area contributed by atoms with E-state index in [1.165, 1.54) is 5.56 Å². The van der Waals surface area contributed by atoms with Gasteiger partial charge in [-0.25, -0.2) is 0 Å². The number of rotatable bonds is 9. The molecule has 96 valence electrons. The standard InChI is InChI=1S/C13H20BrNO2/c1-16-8-4-9-17-10-7-15-11-12-5-2-3-6-13(12)14/h2-3,5-6,15H,4,7-11H2,1H3. The molecule has 0 amide bonds. The van der Waals surface area contributed by atoms with Crippen LogP contribution in [0.1, 0.15) is 12.0 Å². The fourth-order valence-electron chi connectivity index (χ4n) is 1.42. The van der Waals surface area contributed by atoms with Gasteiger partial charge in [-0.3, -0.25) is 0 Å². The Morgan fingerprint density at radius 1 is 1.18 bits per heavy atom. The van der Waals surface area contributed by atoms with E-state index >= 15 is 0 Å². The number of hydrogen-bond donors (Lipinski definition) is 1. The first-order chi connectivity index (χ1) is 8.34. The summed E-state index contributed by atoms with van der Waals surface area (Å²) in [6.07, 6.45) is 0.959. The fraction of sp³-hybridized carbons (Fsp3) is 0.538. The van der Waals surface area contributed by atoms with Gasteiger partial charge in [0.15, 0.2) is 0 Å². The molecule has 17 heavy (non-hydrogen) atoms. The zero-order valence-corrected chi connectivity index (χ0v) is 11.8. The van der Waals surface area contributed by atoms with Gasteiger partial charge in [-0.15, -0.1) is 0 Å². The van der Waals surface area contributed by atoms with Gasteiger partial charge in [0, 0.05) is 37.9 Å². The number of ether oxygens (including phenoxy) is 2. The van der Waals surface area contributed by atoms with Gasteiger partial charge in [0.1, 0.15) is 0 Å². The molecule has 4 heteroatoms. The number of halogens is 1. The summed E-state index contributed by atoms with van der Waals surface area (Å²) >= 11 is 3.52. The van der Waals surface area contributed by atoms with Crippen molar-refractivity contribution in [2.75, 3.05) is 33.5 Å². The van der Waals surface area contributed by atoms with E-state index in [1.54, 1.807) is 7.11 Å². The third-order valence-corrected chi connectivity index (χ3v) is 3.11. The van der Waals surface area contributed by atoms with E-state index in [4.69, 9.17) is 9.47 Å². The van der Waals surface area contributed by atoms with Gasteiger partial charge >= 0.3 is 0 Å². The second-order valence-corrected chi connectivity index (χ2v) is 4.58. The lowest BCUT2D eigenvalue weighted by molar-refractivity contribution is 0.104. The lowest BCUT2D eigenvalue weighted by Gasteiger charge is -2.07. The smallest absolute Gasteiger partial charge is 0.0591 e. The largest absolute Gasteiger partial charge is 0.385 e. The van der Waals surface area contributed by atoms with E-state index in [0.717, 1.165) is 43.8 Å². The Kier molecular flexibility index (Phi) is 8.26. The van der Waals surface area contributed by atoms with Crippen LogP contribution in [0.3, 0.4) is 0 Å². The van der Waals surface area contributed by atoms with E-state index in [2.05, 4.69) is 33.4 Å². The minimum Gasteiger partial charge on any atom is -0.385 e. The van der Waals surface area contributed by atoms with Crippen molar-refractivity contribution in [2.24, 2.45) is 0 Å². The van der Waals surface area contributed by atoms with Crippen molar-refractivity contribution in [3.8, 4) is 0 Å². The molecular formula is C13H20BrNO2. The second-order valence-electron chi connectivity index (χ2n) is 3.73. The Labute approximate surface area is 112 Å². The average molecular weight is 302 g/mol. The molecule has 0 heterocycles. The molecule has 0 saturated carbocycles. The van der Waals surface area contributed by atoms with E-state index in [9.17, 15) is 0 Å². The predicted octanol–water partition coefficient (Wildman–Crippen LogP) is 2.59.